The average Bonchev–Trinajstić information content (AvgIpc) is 2.60. The lowest BCUT2D eigenvalue weighted by Crippen LogP contribution is -2.21. The van der Waals surface area contributed by atoms with E-state index in [2.05, 4.69) is 53.9 Å². The summed E-state index contributed by atoms with van der Waals surface area (Å²) in [6, 6.07) is 0. The third-order valence-electron chi connectivity index (χ3n) is 3.83. The van der Waals surface area contributed by atoms with Crippen molar-refractivity contribution in [1.82, 2.24) is 10.2 Å². The number of hydrogen-bond donors (Lipinski definition) is 1. The van der Waals surface area contributed by atoms with Gasteiger partial charge in [0.15, 0.2) is 6.30 Å². The Bertz CT molecular complexity index is 617. The predicted molar refractivity (Wildman–Crippen MR) is 96.0 cm³/mol. The summed E-state index contributed by atoms with van der Waals surface area (Å²) in [4.78, 5) is 6.81. The van der Waals surface area contributed by atoms with Gasteiger partial charge in [0.2, 0.25) is 0 Å². The van der Waals surface area contributed by atoms with Gasteiger partial charge in [-0.05, 0) is 43.7 Å². The van der Waals surface area contributed by atoms with Crippen LogP contribution in [0.4, 0.5) is 4.39 Å². The molecule has 0 saturated heterocycles. The van der Waals surface area contributed by atoms with Crippen LogP contribution >= 0.6 is 0 Å². The zero-order valence-corrected chi connectivity index (χ0v) is 13.8. The molecule has 4 heteroatoms. The number of nitrogens with one attached hydrogen (secondary N) is 1. The Morgan fingerprint density at radius 2 is 2.17 bits per heavy atom. The standard InChI is InChI=1S/C19H24FN3/c1-4-17(23(5-2)6-3)10-7-15-8-11-18(21-13-15)16-9-12-19(20)22-14-16/h4,7-12,14,19,22H,1,5-6,13H2,2-3H3/b15-7-,17-10+/t19-/m0/s1. The van der Waals surface area contributed by atoms with Crippen LogP contribution in [-0.2, 0) is 0 Å². The van der Waals surface area contributed by atoms with E-state index in [9.17, 15) is 4.39 Å². The highest BCUT2D eigenvalue weighted by molar-refractivity contribution is 6.11. The van der Waals surface area contributed by atoms with E-state index >= 15 is 0 Å². The molecule has 0 bridgehead atoms. The van der Waals surface area contributed by atoms with Gasteiger partial charge >= 0.3 is 0 Å². The Morgan fingerprint density at radius 1 is 1.39 bits per heavy atom. The number of nitrogens with zero attached hydrogens (tertiary/aromatic N) is 2. The lowest BCUT2D eigenvalue weighted by atomic mass is 10.0. The third-order valence-corrected chi connectivity index (χ3v) is 3.83. The lowest BCUT2D eigenvalue weighted by molar-refractivity contribution is 0.364. The van der Waals surface area contributed by atoms with Crippen LogP contribution in [0, 0.1) is 0 Å². The first-order chi connectivity index (χ1) is 11.2. The molecule has 0 aromatic heterocycles. The van der Waals surface area contributed by atoms with E-state index in [1.54, 1.807) is 12.3 Å². The number of aliphatic imine (C=N–C) groups is 1. The molecule has 1 N–H and O–H groups in total. The molecule has 2 rings (SSSR count). The second kappa shape index (κ2) is 8.32. The normalized spacial score (nSPS) is 22.5. The van der Waals surface area contributed by atoms with Gasteiger partial charge in [0.1, 0.15) is 0 Å². The topological polar surface area (TPSA) is 27.6 Å². The van der Waals surface area contributed by atoms with E-state index in [1.807, 2.05) is 12.2 Å². The van der Waals surface area contributed by atoms with Crippen molar-refractivity contribution in [3.05, 3.63) is 72.2 Å². The number of allylic oxidation sites excluding steroid dienone is 6. The molecular formula is C19H24FN3. The highest BCUT2D eigenvalue weighted by Gasteiger charge is 2.10. The largest absolute Gasteiger partial charge is 0.372 e. The van der Waals surface area contributed by atoms with Crippen LogP contribution in [0.5, 0.6) is 0 Å². The molecule has 122 valence electrons. The van der Waals surface area contributed by atoms with Gasteiger partial charge in [-0.2, -0.15) is 0 Å². The predicted octanol–water partition coefficient (Wildman–Crippen LogP) is 3.67. The van der Waals surface area contributed by atoms with Gasteiger partial charge in [0.05, 0.1) is 12.3 Å². The Hall–Kier alpha value is -2.36. The SMILES string of the molecule is C=C/C(=C\C=C1\C=CC(C2=CN[C@H](F)C=C2)=NC1)N(CC)CC. The first kappa shape index (κ1) is 17.0. The van der Waals surface area contributed by atoms with Gasteiger partial charge < -0.3 is 10.2 Å². The zero-order chi connectivity index (χ0) is 16.7. The summed E-state index contributed by atoms with van der Waals surface area (Å²) in [5.74, 6) is 0. The summed E-state index contributed by atoms with van der Waals surface area (Å²) < 4.78 is 13.0. The lowest BCUT2D eigenvalue weighted by Gasteiger charge is -2.21. The fraction of sp³-hybridized carbons (Fsp3) is 0.316. The summed E-state index contributed by atoms with van der Waals surface area (Å²) in [7, 11) is 0. The van der Waals surface area contributed by atoms with Crippen LogP contribution in [-0.4, -0.2) is 36.5 Å². The zero-order valence-electron chi connectivity index (χ0n) is 13.8. The minimum Gasteiger partial charge on any atom is -0.372 e. The number of alkyl halides is 1. The number of halogens is 1. The van der Waals surface area contributed by atoms with E-state index in [1.165, 1.54) is 6.08 Å². The first-order valence-corrected chi connectivity index (χ1v) is 7.97. The summed E-state index contributed by atoms with van der Waals surface area (Å²) >= 11 is 0. The highest BCUT2D eigenvalue weighted by atomic mass is 19.1. The fourth-order valence-electron chi connectivity index (χ4n) is 2.47. The van der Waals surface area contributed by atoms with Gasteiger partial charge in [-0.25, -0.2) is 4.39 Å². The molecule has 0 aliphatic carbocycles. The molecule has 0 radical (unpaired) electrons. The Balaban J connectivity index is 2.05. The molecule has 0 unspecified atom stereocenters. The summed E-state index contributed by atoms with van der Waals surface area (Å²) in [5, 5.41) is 2.64. The number of likely N-dealkylation sites (N-methyl/N-ethyl adjacent to an activating group) is 1. The summed E-state index contributed by atoms with van der Waals surface area (Å²) in [6.07, 6.45) is 13.9. The number of rotatable bonds is 6. The van der Waals surface area contributed by atoms with Crippen molar-refractivity contribution >= 4 is 5.71 Å². The van der Waals surface area contributed by atoms with Crippen molar-refractivity contribution in [3.63, 3.8) is 0 Å². The minimum absolute atomic E-state index is 0.620. The van der Waals surface area contributed by atoms with E-state index < -0.39 is 6.30 Å². The van der Waals surface area contributed by atoms with Crippen molar-refractivity contribution < 1.29 is 4.39 Å². The molecule has 1 atom stereocenters. The van der Waals surface area contributed by atoms with Crippen LogP contribution in [0.25, 0.3) is 0 Å². The number of hydrogen-bond acceptors (Lipinski definition) is 3. The first-order valence-electron chi connectivity index (χ1n) is 7.97. The van der Waals surface area contributed by atoms with Gasteiger partial charge in [0.25, 0.3) is 0 Å². The van der Waals surface area contributed by atoms with Gasteiger partial charge in [-0.15, -0.1) is 0 Å². The Labute approximate surface area is 138 Å². The van der Waals surface area contributed by atoms with Crippen molar-refractivity contribution in [3.8, 4) is 0 Å². The third kappa shape index (κ3) is 4.55. The van der Waals surface area contributed by atoms with E-state index in [0.29, 0.717) is 6.54 Å². The quantitative estimate of drug-likeness (QED) is 0.598. The molecule has 2 heterocycles. The Kier molecular flexibility index (Phi) is 6.15. The molecule has 0 saturated carbocycles. The molecule has 0 amide bonds. The van der Waals surface area contributed by atoms with Crippen LogP contribution in [0.2, 0.25) is 0 Å². The van der Waals surface area contributed by atoms with Crippen LogP contribution < -0.4 is 5.32 Å². The molecule has 3 nitrogen and oxygen atoms in total. The molecule has 0 aromatic carbocycles. The average molecular weight is 313 g/mol. The van der Waals surface area contributed by atoms with Crippen LogP contribution in [0.1, 0.15) is 13.8 Å². The molecule has 0 spiro atoms. The maximum Gasteiger partial charge on any atom is 0.188 e. The van der Waals surface area contributed by atoms with Gasteiger partial charge in [0, 0.05) is 30.6 Å². The molecule has 2 aliphatic heterocycles. The minimum atomic E-state index is -1.11. The van der Waals surface area contributed by atoms with E-state index in [0.717, 1.165) is 35.6 Å². The molecular weight excluding hydrogens is 289 g/mol. The second-order valence-corrected chi connectivity index (χ2v) is 5.27. The Morgan fingerprint density at radius 3 is 2.70 bits per heavy atom. The fourth-order valence-corrected chi connectivity index (χ4v) is 2.47. The van der Waals surface area contributed by atoms with Crippen LogP contribution in [0.3, 0.4) is 0 Å². The van der Waals surface area contributed by atoms with E-state index in [4.69, 9.17) is 0 Å². The van der Waals surface area contributed by atoms with Gasteiger partial charge in [-0.1, -0.05) is 24.8 Å². The molecule has 2 aliphatic rings. The summed E-state index contributed by atoms with van der Waals surface area (Å²) in [5.41, 5.74) is 4.02. The van der Waals surface area contributed by atoms with Crippen LogP contribution in [0.15, 0.2) is 77.1 Å². The second-order valence-electron chi connectivity index (χ2n) is 5.27. The number of dihydropyridines is 2. The maximum atomic E-state index is 13.0. The smallest absolute Gasteiger partial charge is 0.188 e. The monoisotopic (exact) mass is 313 g/mol. The van der Waals surface area contributed by atoms with Gasteiger partial charge in [-0.3, -0.25) is 4.99 Å². The molecule has 0 fully saturated rings. The maximum absolute atomic E-state index is 13.0. The highest BCUT2D eigenvalue weighted by Crippen LogP contribution is 2.15. The van der Waals surface area contributed by atoms with Crippen molar-refractivity contribution in [1.29, 1.82) is 0 Å². The molecule has 0 aromatic rings. The van der Waals surface area contributed by atoms with Crippen molar-refractivity contribution in [2.75, 3.05) is 19.6 Å². The van der Waals surface area contributed by atoms with Crippen molar-refractivity contribution in [2.45, 2.75) is 20.1 Å². The molecule has 23 heavy (non-hydrogen) atoms. The van der Waals surface area contributed by atoms with E-state index in [-0.39, 0.29) is 0 Å². The van der Waals surface area contributed by atoms with Crippen molar-refractivity contribution in [2.24, 2.45) is 4.99 Å². The summed E-state index contributed by atoms with van der Waals surface area (Å²) in [6.45, 7) is 10.7.